The number of nitrogens with one attached hydrogen (secondary N) is 1. The number of rotatable bonds is 7. The lowest BCUT2D eigenvalue weighted by Gasteiger charge is -2.09. The highest BCUT2D eigenvalue weighted by molar-refractivity contribution is 7.89. The number of carbonyl (C=O) groups is 1. The molecule has 3 rings (SSSR count). The zero-order valence-electron chi connectivity index (χ0n) is 15.7. The van der Waals surface area contributed by atoms with Crippen LogP contribution in [-0.4, -0.2) is 26.4 Å². The lowest BCUT2D eigenvalue weighted by Crippen LogP contribution is -2.16. The summed E-state index contributed by atoms with van der Waals surface area (Å²) in [6.07, 6.45) is 0. The summed E-state index contributed by atoms with van der Waals surface area (Å²) in [5, 5.41) is 10.0. The topological polar surface area (TPSA) is 121 Å². The Balaban J connectivity index is 1.68. The van der Waals surface area contributed by atoms with Crippen LogP contribution in [0.5, 0.6) is 11.5 Å². The van der Waals surface area contributed by atoms with E-state index in [1.165, 1.54) is 36.6 Å². The van der Waals surface area contributed by atoms with Gasteiger partial charge >= 0.3 is 0 Å². The number of anilines is 1. The number of benzene rings is 2. The summed E-state index contributed by atoms with van der Waals surface area (Å²) in [4.78, 5) is 16.5. The normalized spacial score (nSPS) is 11.1. The number of amides is 1. The Hall–Kier alpha value is -2.95. The molecule has 0 radical (unpaired) electrons. The highest BCUT2D eigenvalue weighted by atomic mass is 32.2. The summed E-state index contributed by atoms with van der Waals surface area (Å²) in [7, 11) is -2.68. The molecule has 3 N–H and O–H groups in total. The van der Waals surface area contributed by atoms with E-state index in [4.69, 9.17) is 14.6 Å². The van der Waals surface area contributed by atoms with Crippen molar-refractivity contribution in [3.05, 3.63) is 64.1 Å². The van der Waals surface area contributed by atoms with Crippen molar-refractivity contribution >= 4 is 33.0 Å². The number of carbonyl (C=O) groups excluding carboxylic acids is 1. The summed E-state index contributed by atoms with van der Waals surface area (Å²) in [5.74, 6) is 0.327. The van der Waals surface area contributed by atoms with Crippen molar-refractivity contribution in [1.29, 1.82) is 0 Å². The molecular formula is C19H19N3O5S2. The fourth-order valence-electron chi connectivity index (χ4n) is 2.43. The maximum atomic E-state index is 12.4. The monoisotopic (exact) mass is 433 g/mol. The smallest absolute Gasteiger partial charge is 0.275 e. The summed E-state index contributed by atoms with van der Waals surface area (Å²) < 4.78 is 34.0. The first-order valence-corrected chi connectivity index (χ1v) is 10.8. The molecule has 0 fully saturated rings. The Bertz CT molecular complexity index is 1130. The van der Waals surface area contributed by atoms with Crippen LogP contribution in [0.1, 0.15) is 21.1 Å². The van der Waals surface area contributed by atoms with Crippen molar-refractivity contribution in [2.75, 3.05) is 12.4 Å². The second-order valence-corrected chi connectivity index (χ2v) is 8.57. The SMILES string of the molecule is COc1ccc(NC(=O)c2csc(COc3ccc(C)cc3)n2)cc1S(N)(=O)=O. The first kappa shape index (κ1) is 20.8. The second-order valence-electron chi connectivity index (χ2n) is 6.09. The van der Waals surface area contributed by atoms with Crippen LogP contribution in [0.3, 0.4) is 0 Å². The number of hydrogen-bond donors (Lipinski definition) is 2. The van der Waals surface area contributed by atoms with Gasteiger partial charge in [-0.2, -0.15) is 0 Å². The molecule has 2 aromatic carbocycles. The van der Waals surface area contributed by atoms with Gasteiger partial charge in [-0.15, -0.1) is 11.3 Å². The molecule has 10 heteroatoms. The van der Waals surface area contributed by atoms with E-state index in [0.717, 1.165) is 5.56 Å². The van der Waals surface area contributed by atoms with Crippen molar-refractivity contribution in [2.24, 2.45) is 5.14 Å². The highest BCUT2D eigenvalue weighted by Crippen LogP contribution is 2.26. The summed E-state index contributed by atoms with van der Waals surface area (Å²) in [6.45, 7) is 2.23. The molecule has 8 nitrogen and oxygen atoms in total. The van der Waals surface area contributed by atoms with Crippen LogP contribution in [-0.2, 0) is 16.6 Å². The molecule has 29 heavy (non-hydrogen) atoms. The zero-order chi connectivity index (χ0) is 21.0. The highest BCUT2D eigenvalue weighted by Gasteiger charge is 2.17. The standard InChI is InChI=1S/C19H19N3O5S2/c1-12-3-6-14(7-4-12)27-10-18-22-15(11-28-18)19(23)21-13-5-8-16(26-2)17(9-13)29(20,24)25/h3-9,11H,10H2,1-2H3,(H,21,23)(H2,20,24,25). The number of aryl methyl sites for hydroxylation is 1. The Morgan fingerprint density at radius 3 is 2.59 bits per heavy atom. The predicted molar refractivity (Wildman–Crippen MR) is 110 cm³/mol. The van der Waals surface area contributed by atoms with Crippen LogP contribution in [0.2, 0.25) is 0 Å². The number of nitrogens with two attached hydrogens (primary N) is 1. The average molecular weight is 434 g/mol. The number of aromatic nitrogens is 1. The molecule has 1 aromatic heterocycles. The number of sulfonamides is 1. The molecule has 0 atom stereocenters. The number of nitrogens with zero attached hydrogens (tertiary/aromatic N) is 1. The van der Waals surface area contributed by atoms with Crippen LogP contribution in [0, 0.1) is 6.92 Å². The van der Waals surface area contributed by atoms with E-state index in [2.05, 4.69) is 10.3 Å². The first-order valence-electron chi connectivity index (χ1n) is 8.42. The van der Waals surface area contributed by atoms with Gasteiger partial charge in [-0.25, -0.2) is 18.5 Å². The Labute approximate surface area is 172 Å². The average Bonchev–Trinajstić information content (AvgIpc) is 3.16. The van der Waals surface area contributed by atoms with E-state index in [9.17, 15) is 13.2 Å². The van der Waals surface area contributed by atoms with Crippen LogP contribution >= 0.6 is 11.3 Å². The third-order valence-electron chi connectivity index (χ3n) is 3.90. The van der Waals surface area contributed by atoms with Gasteiger partial charge < -0.3 is 14.8 Å². The predicted octanol–water partition coefficient (Wildman–Crippen LogP) is 2.94. The minimum absolute atomic E-state index is 0.0923. The van der Waals surface area contributed by atoms with Gasteiger partial charge in [0.2, 0.25) is 10.0 Å². The fraction of sp³-hybridized carbons (Fsp3) is 0.158. The maximum Gasteiger partial charge on any atom is 0.275 e. The molecule has 1 heterocycles. The Morgan fingerprint density at radius 1 is 1.21 bits per heavy atom. The van der Waals surface area contributed by atoms with E-state index in [1.807, 2.05) is 31.2 Å². The Kier molecular flexibility index (Phi) is 6.16. The van der Waals surface area contributed by atoms with Gasteiger partial charge in [-0.3, -0.25) is 4.79 Å². The van der Waals surface area contributed by atoms with Gasteiger partial charge in [-0.05, 0) is 37.3 Å². The van der Waals surface area contributed by atoms with Gasteiger partial charge in [0.05, 0.1) is 7.11 Å². The van der Waals surface area contributed by atoms with Crippen LogP contribution in [0.15, 0.2) is 52.7 Å². The molecule has 0 spiro atoms. The van der Waals surface area contributed by atoms with Crippen LogP contribution in [0.4, 0.5) is 5.69 Å². The molecule has 0 bridgehead atoms. The molecule has 0 aliphatic rings. The quantitative estimate of drug-likeness (QED) is 0.591. The molecule has 0 saturated heterocycles. The third-order valence-corrected chi connectivity index (χ3v) is 5.65. The number of ether oxygens (including phenoxy) is 2. The van der Waals surface area contributed by atoms with Crippen molar-refractivity contribution in [1.82, 2.24) is 4.98 Å². The van der Waals surface area contributed by atoms with E-state index in [0.29, 0.717) is 10.8 Å². The minimum Gasteiger partial charge on any atom is -0.495 e. The Morgan fingerprint density at radius 2 is 1.93 bits per heavy atom. The molecule has 0 unspecified atom stereocenters. The third kappa shape index (κ3) is 5.31. The van der Waals surface area contributed by atoms with Crippen LogP contribution in [0.25, 0.3) is 0 Å². The number of hydrogen-bond acceptors (Lipinski definition) is 7. The fourth-order valence-corrected chi connectivity index (χ4v) is 3.84. The molecule has 152 valence electrons. The second kappa shape index (κ2) is 8.60. The molecule has 1 amide bonds. The number of primary sulfonamides is 1. The van der Waals surface area contributed by atoms with Gasteiger partial charge in [0, 0.05) is 11.1 Å². The lowest BCUT2D eigenvalue weighted by molar-refractivity contribution is 0.102. The molecule has 0 saturated carbocycles. The van der Waals surface area contributed by atoms with Crippen molar-refractivity contribution in [3.8, 4) is 11.5 Å². The molecule has 0 aliphatic heterocycles. The van der Waals surface area contributed by atoms with Gasteiger partial charge in [-0.1, -0.05) is 17.7 Å². The largest absolute Gasteiger partial charge is 0.495 e. The summed E-state index contributed by atoms with van der Waals surface area (Å²) >= 11 is 1.29. The summed E-state index contributed by atoms with van der Waals surface area (Å²) in [6, 6.07) is 11.8. The molecule has 0 aliphatic carbocycles. The van der Waals surface area contributed by atoms with Gasteiger partial charge in [0.25, 0.3) is 5.91 Å². The summed E-state index contributed by atoms with van der Waals surface area (Å²) in [5.41, 5.74) is 1.59. The number of thiazole rings is 1. The van der Waals surface area contributed by atoms with Gasteiger partial charge in [0.15, 0.2) is 0 Å². The zero-order valence-corrected chi connectivity index (χ0v) is 17.3. The maximum absolute atomic E-state index is 12.4. The van der Waals surface area contributed by atoms with E-state index < -0.39 is 15.9 Å². The first-order chi connectivity index (χ1) is 13.8. The lowest BCUT2D eigenvalue weighted by atomic mass is 10.2. The van der Waals surface area contributed by atoms with E-state index in [1.54, 1.807) is 5.38 Å². The molecule has 3 aromatic rings. The molecular weight excluding hydrogens is 414 g/mol. The van der Waals surface area contributed by atoms with Crippen molar-refractivity contribution in [2.45, 2.75) is 18.4 Å². The van der Waals surface area contributed by atoms with Gasteiger partial charge in [0.1, 0.15) is 33.7 Å². The van der Waals surface area contributed by atoms with E-state index >= 15 is 0 Å². The minimum atomic E-state index is -4.01. The van der Waals surface area contributed by atoms with Crippen molar-refractivity contribution < 1.29 is 22.7 Å². The van der Waals surface area contributed by atoms with Crippen molar-refractivity contribution in [3.63, 3.8) is 0 Å². The van der Waals surface area contributed by atoms with Crippen LogP contribution < -0.4 is 19.9 Å². The number of methoxy groups -OCH3 is 1. The van der Waals surface area contributed by atoms with E-state index in [-0.39, 0.29) is 28.6 Å².